The Morgan fingerprint density at radius 1 is 0.419 bits per heavy atom. The molecule has 2 heteroatoms. The van der Waals surface area contributed by atoms with E-state index in [1.807, 2.05) is 6.07 Å². The fraction of sp³-hybridized carbons (Fsp3) is 0.0732. The summed E-state index contributed by atoms with van der Waals surface area (Å²) in [6.07, 6.45) is 0. The second-order valence-electron chi connectivity index (χ2n) is 11.8. The van der Waals surface area contributed by atoms with Crippen LogP contribution in [0.25, 0.3) is 66.9 Å². The Balaban J connectivity index is 1.34. The third-order valence-electron chi connectivity index (χ3n) is 8.88. The highest BCUT2D eigenvalue weighted by atomic mass is 14.9. The largest absolute Gasteiger partial charge is 0.228 e. The van der Waals surface area contributed by atoms with Crippen molar-refractivity contribution in [1.29, 1.82) is 0 Å². The summed E-state index contributed by atoms with van der Waals surface area (Å²) in [5.41, 5.74) is 12.7. The van der Waals surface area contributed by atoms with Crippen LogP contribution in [-0.2, 0) is 5.41 Å². The first kappa shape index (κ1) is 25.4. The summed E-state index contributed by atoms with van der Waals surface area (Å²) in [7, 11) is 0. The van der Waals surface area contributed by atoms with Gasteiger partial charge in [-0.2, -0.15) is 0 Å². The number of nitrogens with zero attached hydrogens (tertiary/aromatic N) is 2. The quantitative estimate of drug-likeness (QED) is 0.218. The molecule has 0 aliphatic heterocycles. The van der Waals surface area contributed by atoms with Crippen molar-refractivity contribution in [2.24, 2.45) is 0 Å². The van der Waals surface area contributed by atoms with Crippen LogP contribution in [0.1, 0.15) is 25.0 Å². The lowest BCUT2D eigenvalue weighted by Gasteiger charge is -2.23. The Morgan fingerprint density at radius 3 is 1.81 bits per heavy atom. The summed E-state index contributed by atoms with van der Waals surface area (Å²) >= 11 is 0. The van der Waals surface area contributed by atoms with Gasteiger partial charge in [0.25, 0.3) is 0 Å². The third kappa shape index (κ3) is 4.18. The normalized spacial score (nSPS) is 13.1. The summed E-state index contributed by atoms with van der Waals surface area (Å²) < 4.78 is 0. The molecule has 0 amide bonds. The van der Waals surface area contributed by atoms with Crippen molar-refractivity contribution in [2.45, 2.75) is 19.3 Å². The Labute approximate surface area is 252 Å². The van der Waals surface area contributed by atoms with E-state index in [9.17, 15) is 0 Å². The molecule has 204 valence electrons. The lowest BCUT2D eigenvalue weighted by Crippen LogP contribution is -2.15. The lowest BCUT2D eigenvalue weighted by atomic mass is 9.80. The van der Waals surface area contributed by atoms with Crippen LogP contribution >= 0.6 is 0 Å². The molecular weight excluding hydrogens is 520 g/mol. The molecule has 0 unspecified atom stereocenters. The number of rotatable bonds is 4. The van der Waals surface area contributed by atoms with Gasteiger partial charge in [0, 0.05) is 22.1 Å². The maximum atomic E-state index is 5.24. The highest BCUT2D eigenvalue weighted by molar-refractivity contribution is 6.03. The molecule has 6 aromatic carbocycles. The van der Waals surface area contributed by atoms with Crippen LogP contribution < -0.4 is 0 Å². The molecule has 0 spiro atoms. The second kappa shape index (κ2) is 9.89. The van der Waals surface area contributed by atoms with Crippen molar-refractivity contribution < 1.29 is 0 Å². The van der Waals surface area contributed by atoms with E-state index in [-0.39, 0.29) is 5.41 Å². The summed E-state index contributed by atoms with van der Waals surface area (Å²) in [6, 6.07) is 51.6. The van der Waals surface area contributed by atoms with Crippen LogP contribution in [0, 0.1) is 0 Å². The number of hydrogen-bond donors (Lipinski definition) is 0. The van der Waals surface area contributed by atoms with Crippen LogP contribution in [0.2, 0.25) is 0 Å². The summed E-state index contributed by atoms with van der Waals surface area (Å²) in [4.78, 5) is 10.4. The second-order valence-corrected chi connectivity index (χ2v) is 11.8. The summed E-state index contributed by atoms with van der Waals surface area (Å²) in [5, 5.41) is 2.44. The predicted octanol–water partition coefficient (Wildman–Crippen LogP) is 10.6. The zero-order valence-electron chi connectivity index (χ0n) is 24.3. The Kier molecular flexibility index (Phi) is 5.84. The first-order valence-electron chi connectivity index (χ1n) is 14.8. The molecule has 1 aromatic heterocycles. The minimum atomic E-state index is -0.0974. The molecule has 43 heavy (non-hydrogen) atoms. The van der Waals surface area contributed by atoms with Gasteiger partial charge >= 0.3 is 0 Å². The molecule has 2 nitrogen and oxygen atoms in total. The van der Waals surface area contributed by atoms with Crippen LogP contribution in [0.4, 0.5) is 0 Å². The Morgan fingerprint density at radius 2 is 1.02 bits per heavy atom. The molecule has 0 N–H and O–H groups in total. The first-order valence-corrected chi connectivity index (χ1v) is 14.8. The van der Waals surface area contributed by atoms with E-state index in [1.165, 1.54) is 44.2 Å². The molecule has 0 saturated carbocycles. The third-order valence-corrected chi connectivity index (χ3v) is 8.88. The van der Waals surface area contributed by atoms with E-state index in [0.29, 0.717) is 0 Å². The molecule has 1 heterocycles. The number of fused-ring (bicyclic) bond motifs is 5. The molecule has 0 radical (unpaired) electrons. The molecule has 8 rings (SSSR count). The van der Waals surface area contributed by atoms with Gasteiger partial charge in [-0.3, -0.25) is 0 Å². The standard InChI is InChI=1S/C41H30N2/c1-41(2)36-22-10-9-19-32(36)34-24-23-31-33(39(34)41)20-12-21-35(31)40-42-37(28-15-7-4-8-16-28)26-38(43-40)30-18-11-17-29(25-30)27-13-5-3-6-14-27/h3-26H,1-2H3. The Hall–Kier alpha value is -5.34. The average Bonchev–Trinajstić information content (AvgIpc) is 3.31. The number of hydrogen-bond acceptors (Lipinski definition) is 2. The van der Waals surface area contributed by atoms with Gasteiger partial charge in [-0.05, 0) is 56.3 Å². The molecule has 0 fully saturated rings. The Bertz CT molecular complexity index is 2140. The van der Waals surface area contributed by atoms with Gasteiger partial charge in [-0.1, -0.05) is 147 Å². The van der Waals surface area contributed by atoms with Crippen molar-refractivity contribution in [3.8, 4) is 56.2 Å². The van der Waals surface area contributed by atoms with E-state index in [4.69, 9.17) is 9.97 Å². The first-order chi connectivity index (χ1) is 21.1. The smallest absolute Gasteiger partial charge is 0.161 e. The van der Waals surface area contributed by atoms with Gasteiger partial charge in [-0.15, -0.1) is 0 Å². The van der Waals surface area contributed by atoms with E-state index < -0.39 is 0 Å². The zero-order chi connectivity index (χ0) is 29.0. The van der Waals surface area contributed by atoms with Crippen molar-refractivity contribution >= 4 is 10.8 Å². The highest BCUT2D eigenvalue weighted by Gasteiger charge is 2.36. The molecular formula is C41H30N2. The number of aromatic nitrogens is 2. The molecule has 0 bridgehead atoms. The SMILES string of the molecule is CC1(C)c2ccccc2-c2ccc3c(-c4nc(-c5ccccc5)cc(-c5cccc(-c6ccccc6)c5)n4)cccc3c21. The van der Waals surface area contributed by atoms with Crippen LogP contribution in [-0.4, -0.2) is 9.97 Å². The van der Waals surface area contributed by atoms with Crippen LogP contribution in [0.15, 0.2) is 146 Å². The summed E-state index contributed by atoms with van der Waals surface area (Å²) in [5.74, 6) is 0.736. The average molecular weight is 551 g/mol. The minimum Gasteiger partial charge on any atom is -0.228 e. The lowest BCUT2D eigenvalue weighted by molar-refractivity contribution is 0.666. The minimum absolute atomic E-state index is 0.0974. The number of benzene rings is 6. The fourth-order valence-electron chi connectivity index (χ4n) is 6.81. The van der Waals surface area contributed by atoms with Crippen molar-refractivity contribution in [2.75, 3.05) is 0 Å². The zero-order valence-corrected chi connectivity index (χ0v) is 24.3. The molecule has 7 aromatic rings. The van der Waals surface area contributed by atoms with Crippen molar-refractivity contribution in [1.82, 2.24) is 9.97 Å². The summed E-state index contributed by atoms with van der Waals surface area (Å²) in [6.45, 7) is 4.68. The van der Waals surface area contributed by atoms with Gasteiger partial charge in [0.05, 0.1) is 11.4 Å². The molecule has 0 saturated heterocycles. The maximum absolute atomic E-state index is 5.24. The van der Waals surface area contributed by atoms with E-state index in [2.05, 4.69) is 153 Å². The molecule has 1 aliphatic carbocycles. The van der Waals surface area contributed by atoms with Gasteiger partial charge in [0.15, 0.2) is 5.82 Å². The van der Waals surface area contributed by atoms with Gasteiger partial charge in [0.1, 0.15) is 0 Å². The maximum Gasteiger partial charge on any atom is 0.161 e. The van der Waals surface area contributed by atoms with Crippen molar-refractivity contribution in [3.63, 3.8) is 0 Å². The van der Waals surface area contributed by atoms with E-state index >= 15 is 0 Å². The monoisotopic (exact) mass is 550 g/mol. The molecule has 1 aliphatic rings. The van der Waals surface area contributed by atoms with E-state index in [1.54, 1.807) is 0 Å². The van der Waals surface area contributed by atoms with Gasteiger partial charge in [-0.25, -0.2) is 9.97 Å². The van der Waals surface area contributed by atoms with E-state index in [0.717, 1.165) is 33.9 Å². The topological polar surface area (TPSA) is 25.8 Å². The molecule has 0 atom stereocenters. The predicted molar refractivity (Wildman–Crippen MR) is 179 cm³/mol. The highest BCUT2D eigenvalue weighted by Crippen LogP contribution is 2.51. The fourth-order valence-corrected chi connectivity index (χ4v) is 6.81. The van der Waals surface area contributed by atoms with Crippen LogP contribution in [0.3, 0.4) is 0 Å². The van der Waals surface area contributed by atoms with Gasteiger partial charge in [0.2, 0.25) is 0 Å². The van der Waals surface area contributed by atoms with Crippen molar-refractivity contribution in [3.05, 3.63) is 157 Å². The van der Waals surface area contributed by atoms with Crippen LogP contribution in [0.5, 0.6) is 0 Å². The van der Waals surface area contributed by atoms with Gasteiger partial charge < -0.3 is 0 Å².